The topological polar surface area (TPSA) is 52.5 Å². The van der Waals surface area contributed by atoms with E-state index in [9.17, 15) is 10.2 Å². The number of rotatable bonds is 3. The Bertz CT molecular complexity index is 611. The predicted octanol–water partition coefficient (Wildman–Crippen LogP) is 3.98. The molecule has 4 heteroatoms. The molecular formula is C15H16ClNO2. The zero-order chi connectivity index (χ0) is 14.0. The molecule has 0 fully saturated rings. The van der Waals surface area contributed by atoms with Gasteiger partial charge in [-0.3, -0.25) is 0 Å². The Labute approximate surface area is 117 Å². The first-order chi connectivity index (χ1) is 8.99. The number of halogens is 1. The number of phenolic OH excluding ortho intramolecular Hbond substituents is 2. The fraction of sp³-hybridized carbons (Fsp3) is 0.200. The van der Waals surface area contributed by atoms with Gasteiger partial charge in [-0.1, -0.05) is 23.7 Å². The van der Waals surface area contributed by atoms with Crippen LogP contribution in [0.3, 0.4) is 0 Å². The van der Waals surface area contributed by atoms with Gasteiger partial charge in [0.25, 0.3) is 0 Å². The van der Waals surface area contributed by atoms with Crippen LogP contribution in [-0.2, 0) is 6.54 Å². The highest BCUT2D eigenvalue weighted by atomic mass is 35.5. The lowest BCUT2D eigenvalue weighted by Crippen LogP contribution is -2.01. The smallest absolute Gasteiger partial charge is 0.134 e. The third-order valence-corrected chi connectivity index (χ3v) is 3.43. The Kier molecular flexibility index (Phi) is 3.86. The lowest BCUT2D eigenvalue weighted by molar-refractivity contribution is 0.467. The molecule has 100 valence electrons. The molecule has 0 aliphatic heterocycles. The molecule has 2 rings (SSSR count). The number of nitrogens with one attached hydrogen (secondary N) is 1. The summed E-state index contributed by atoms with van der Waals surface area (Å²) in [5, 5.41) is 22.8. The molecule has 0 aromatic heterocycles. The molecule has 0 aliphatic carbocycles. The molecule has 0 aliphatic rings. The minimum absolute atomic E-state index is 0.0783. The van der Waals surface area contributed by atoms with Crippen LogP contribution in [0, 0.1) is 13.8 Å². The Morgan fingerprint density at radius 2 is 1.84 bits per heavy atom. The van der Waals surface area contributed by atoms with Crippen LogP contribution >= 0.6 is 11.6 Å². The standard InChI is InChI=1S/C15H16ClNO2/c1-9-3-5-13(10(2)15(9)19)17-8-11-4-6-14(18)12(16)7-11/h3-7,17-19H,8H2,1-2H3. The Hall–Kier alpha value is -1.87. The Balaban J connectivity index is 2.14. The number of aromatic hydroxyl groups is 2. The van der Waals surface area contributed by atoms with Crippen molar-refractivity contribution in [3.8, 4) is 11.5 Å². The minimum Gasteiger partial charge on any atom is -0.507 e. The van der Waals surface area contributed by atoms with E-state index in [1.54, 1.807) is 18.2 Å². The van der Waals surface area contributed by atoms with Crippen molar-refractivity contribution in [2.75, 3.05) is 5.32 Å². The Morgan fingerprint density at radius 1 is 1.11 bits per heavy atom. The molecule has 0 spiro atoms. The van der Waals surface area contributed by atoms with Crippen molar-refractivity contribution in [1.29, 1.82) is 0 Å². The van der Waals surface area contributed by atoms with E-state index in [4.69, 9.17) is 11.6 Å². The van der Waals surface area contributed by atoms with E-state index in [-0.39, 0.29) is 5.75 Å². The van der Waals surface area contributed by atoms with Crippen molar-refractivity contribution < 1.29 is 10.2 Å². The fourth-order valence-corrected chi connectivity index (χ4v) is 2.09. The van der Waals surface area contributed by atoms with Crippen molar-refractivity contribution in [2.45, 2.75) is 20.4 Å². The normalized spacial score (nSPS) is 10.5. The molecule has 0 atom stereocenters. The van der Waals surface area contributed by atoms with Crippen LogP contribution in [0.1, 0.15) is 16.7 Å². The molecule has 0 radical (unpaired) electrons. The van der Waals surface area contributed by atoms with E-state index >= 15 is 0 Å². The monoisotopic (exact) mass is 277 g/mol. The van der Waals surface area contributed by atoms with Gasteiger partial charge in [-0.2, -0.15) is 0 Å². The lowest BCUT2D eigenvalue weighted by Gasteiger charge is -2.12. The second kappa shape index (κ2) is 5.41. The molecule has 0 unspecified atom stereocenters. The molecule has 0 saturated carbocycles. The van der Waals surface area contributed by atoms with Gasteiger partial charge in [0.2, 0.25) is 0 Å². The lowest BCUT2D eigenvalue weighted by atomic mass is 10.1. The van der Waals surface area contributed by atoms with E-state index < -0.39 is 0 Å². The van der Waals surface area contributed by atoms with Crippen molar-refractivity contribution in [3.63, 3.8) is 0 Å². The van der Waals surface area contributed by atoms with Gasteiger partial charge in [-0.15, -0.1) is 0 Å². The summed E-state index contributed by atoms with van der Waals surface area (Å²) in [5.74, 6) is 0.392. The van der Waals surface area contributed by atoms with E-state index in [1.807, 2.05) is 26.0 Å². The van der Waals surface area contributed by atoms with Crippen LogP contribution in [0.15, 0.2) is 30.3 Å². The predicted molar refractivity (Wildman–Crippen MR) is 78.0 cm³/mol. The summed E-state index contributed by atoms with van der Waals surface area (Å²) in [6.45, 7) is 4.31. The number of hydrogen-bond acceptors (Lipinski definition) is 3. The molecule has 19 heavy (non-hydrogen) atoms. The molecule has 0 heterocycles. The van der Waals surface area contributed by atoms with Gasteiger partial charge in [0, 0.05) is 17.8 Å². The van der Waals surface area contributed by atoms with Crippen LogP contribution in [0.4, 0.5) is 5.69 Å². The SMILES string of the molecule is Cc1ccc(NCc2ccc(O)c(Cl)c2)c(C)c1O. The molecule has 3 nitrogen and oxygen atoms in total. The van der Waals surface area contributed by atoms with Crippen LogP contribution in [0.5, 0.6) is 11.5 Å². The second-order valence-corrected chi connectivity index (χ2v) is 4.95. The van der Waals surface area contributed by atoms with Gasteiger partial charge in [0.1, 0.15) is 11.5 Å². The summed E-state index contributed by atoms with van der Waals surface area (Å²) >= 11 is 5.86. The minimum atomic E-state index is 0.0783. The third kappa shape index (κ3) is 2.93. The van der Waals surface area contributed by atoms with E-state index in [0.717, 1.165) is 22.4 Å². The van der Waals surface area contributed by atoms with Gasteiger partial charge >= 0.3 is 0 Å². The number of benzene rings is 2. The van der Waals surface area contributed by atoms with Gasteiger partial charge < -0.3 is 15.5 Å². The summed E-state index contributed by atoms with van der Waals surface area (Å²) in [6, 6.07) is 8.89. The summed E-state index contributed by atoms with van der Waals surface area (Å²) in [5.41, 5.74) is 3.52. The van der Waals surface area contributed by atoms with E-state index in [2.05, 4.69) is 5.32 Å². The highest BCUT2D eigenvalue weighted by molar-refractivity contribution is 6.32. The average Bonchev–Trinajstić information content (AvgIpc) is 2.39. The summed E-state index contributed by atoms with van der Waals surface area (Å²) < 4.78 is 0. The summed E-state index contributed by atoms with van der Waals surface area (Å²) in [4.78, 5) is 0. The van der Waals surface area contributed by atoms with Gasteiger partial charge in [0.05, 0.1) is 5.02 Å². The largest absolute Gasteiger partial charge is 0.507 e. The van der Waals surface area contributed by atoms with E-state index in [1.165, 1.54) is 0 Å². The zero-order valence-corrected chi connectivity index (χ0v) is 11.6. The summed E-state index contributed by atoms with van der Waals surface area (Å²) in [6.07, 6.45) is 0. The van der Waals surface area contributed by atoms with E-state index in [0.29, 0.717) is 17.3 Å². The Morgan fingerprint density at radius 3 is 2.53 bits per heavy atom. The molecule has 3 N–H and O–H groups in total. The maximum absolute atomic E-state index is 9.87. The molecule has 0 bridgehead atoms. The highest BCUT2D eigenvalue weighted by Gasteiger charge is 2.06. The van der Waals surface area contributed by atoms with Gasteiger partial charge in [-0.25, -0.2) is 0 Å². The molecule has 0 saturated heterocycles. The van der Waals surface area contributed by atoms with Crippen LogP contribution < -0.4 is 5.32 Å². The zero-order valence-electron chi connectivity index (χ0n) is 10.9. The quantitative estimate of drug-likeness (QED) is 0.795. The molecule has 0 amide bonds. The molecule has 2 aromatic rings. The van der Waals surface area contributed by atoms with Crippen molar-refractivity contribution in [3.05, 3.63) is 52.0 Å². The third-order valence-electron chi connectivity index (χ3n) is 3.13. The fourth-order valence-electron chi connectivity index (χ4n) is 1.88. The number of hydrogen-bond donors (Lipinski definition) is 3. The summed E-state index contributed by atoms with van der Waals surface area (Å²) in [7, 11) is 0. The number of anilines is 1. The van der Waals surface area contributed by atoms with Crippen LogP contribution in [0.25, 0.3) is 0 Å². The van der Waals surface area contributed by atoms with Crippen molar-refractivity contribution in [1.82, 2.24) is 0 Å². The maximum Gasteiger partial charge on any atom is 0.134 e. The average molecular weight is 278 g/mol. The van der Waals surface area contributed by atoms with Crippen molar-refractivity contribution in [2.24, 2.45) is 0 Å². The first-order valence-electron chi connectivity index (χ1n) is 5.99. The van der Waals surface area contributed by atoms with Gasteiger partial charge in [-0.05, 0) is 43.2 Å². The highest BCUT2D eigenvalue weighted by Crippen LogP contribution is 2.29. The van der Waals surface area contributed by atoms with Crippen LogP contribution in [-0.4, -0.2) is 10.2 Å². The first-order valence-corrected chi connectivity index (χ1v) is 6.37. The van der Waals surface area contributed by atoms with Crippen LogP contribution in [0.2, 0.25) is 5.02 Å². The number of aryl methyl sites for hydroxylation is 1. The maximum atomic E-state index is 9.87. The van der Waals surface area contributed by atoms with Crippen molar-refractivity contribution >= 4 is 17.3 Å². The first kappa shape index (κ1) is 13.6. The molecule has 2 aromatic carbocycles. The van der Waals surface area contributed by atoms with Gasteiger partial charge in [0.15, 0.2) is 0 Å². The number of phenols is 2. The molecular weight excluding hydrogens is 262 g/mol. The second-order valence-electron chi connectivity index (χ2n) is 4.54.